The number of hydrogen-bond donors (Lipinski definition) is 4. The molecule has 0 radical (unpaired) electrons. The maximum Gasteiger partial charge on any atom is 0.257 e. The highest BCUT2D eigenvalue weighted by atomic mass is 32.2. The SMILES string of the molecule is Cc1ccc(Nc2cc(C)nc(NCCNS(=O)(=O)c3cnc[nH]3)n2)cc1. The molecule has 0 spiro atoms. The zero-order chi connectivity index (χ0) is 19.3. The van der Waals surface area contributed by atoms with Crippen molar-refractivity contribution in [1.82, 2.24) is 24.7 Å². The molecule has 0 saturated carbocycles. The Morgan fingerprint density at radius 1 is 1.07 bits per heavy atom. The summed E-state index contributed by atoms with van der Waals surface area (Å²) in [6.45, 7) is 4.41. The van der Waals surface area contributed by atoms with Crippen molar-refractivity contribution in [2.45, 2.75) is 18.9 Å². The Morgan fingerprint density at radius 2 is 1.85 bits per heavy atom. The molecule has 0 aliphatic rings. The van der Waals surface area contributed by atoms with Crippen LogP contribution in [-0.4, -0.2) is 41.4 Å². The number of nitrogens with one attached hydrogen (secondary N) is 4. The Labute approximate surface area is 157 Å². The summed E-state index contributed by atoms with van der Waals surface area (Å²) in [6, 6.07) is 9.82. The van der Waals surface area contributed by atoms with Crippen LogP contribution in [0, 0.1) is 13.8 Å². The van der Waals surface area contributed by atoms with Crippen LogP contribution in [0.25, 0.3) is 0 Å². The third kappa shape index (κ3) is 5.25. The minimum atomic E-state index is -3.59. The quantitative estimate of drug-likeness (QED) is 0.435. The largest absolute Gasteiger partial charge is 0.353 e. The molecule has 0 aliphatic heterocycles. The van der Waals surface area contributed by atoms with Crippen LogP contribution in [-0.2, 0) is 10.0 Å². The zero-order valence-electron chi connectivity index (χ0n) is 15.0. The molecule has 2 heterocycles. The number of hydrogen-bond acceptors (Lipinski definition) is 7. The first-order valence-electron chi connectivity index (χ1n) is 8.34. The lowest BCUT2D eigenvalue weighted by atomic mass is 10.2. The van der Waals surface area contributed by atoms with E-state index < -0.39 is 10.0 Å². The van der Waals surface area contributed by atoms with E-state index in [-0.39, 0.29) is 11.6 Å². The number of nitrogens with zero attached hydrogens (tertiary/aromatic N) is 3. The molecule has 9 nitrogen and oxygen atoms in total. The lowest BCUT2D eigenvalue weighted by Crippen LogP contribution is -2.29. The molecule has 4 N–H and O–H groups in total. The Kier molecular flexibility index (Phi) is 5.67. The van der Waals surface area contributed by atoms with Crippen molar-refractivity contribution in [3.05, 3.63) is 54.1 Å². The first-order chi connectivity index (χ1) is 12.9. The number of aromatic nitrogens is 4. The molecule has 142 valence electrons. The van der Waals surface area contributed by atoms with E-state index in [1.165, 1.54) is 18.1 Å². The molecule has 2 aromatic heterocycles. The summed E-state index contributed by atoms with van der Waals surface area (Å²) in [5.41, 5.74) is 2.90. The van der Waals surface area contributed by atoms with Gasteiger partial charge in [-0.15, -0.1) is 0 Å². The third-order valence-corrected chi connectivity index (χ3v) is 5.03. The van der Waals surface area contributed by atoms with E-state index in [1.807, 2.05) is 44.2 Å². The maximum atomic E-state index is 12.0. The van der Waals surface area contributed by atoms with Gasteiger partial charge in [0.2, 0.25) is 5.95 Å². The summed E-state index contributed by atoms with van der Waals surface area (Å²) in [7, 11) is -3.59. The molecule has 27 heavy (non-hydrogen) atoms. The van der Waals surface area contributed by atoms with Crippen LogP contribution in [0.3, 0.4) is 0 Å². The highest BCUT2D eigenvalue weighted by Crippen LogP contribution is 2.17. The number of rotatable bonds is 8. The molecule has 0 saturated heterocycles. The molecular weight excluding hydrogens is 366 g/mol. The van der Waals surface area contributed by atoms with Crippen LogP contribution in [0.4, 0.5) is 17.5 Å². The van der Waals surface area contributed by atoms with E-state index in [0.29, 0.717) is 18.3 Å². The van der Waals surface area contributed by atoms with E-state index in [2.05, 4.69) is 35.3 Å². The van der Waals surface area contributed by atoms with Gasteiger partial charge in [0.1, 0.15) is 5.82 Å². The van der Waals surface area contributed by atoms with Crippen molar-refractivity contribution in [2.75, 3.05) is 23.7 Å². The van der Waals surface area contributed by atoms with Crippen LogP contribution in [0.1, 0.15) is 11.3 Å². The van der Waals surface area contributed by atoms with Gasteiger partial charge in [-0.25, -0.2) is 23.1 Å². The average Bonchev–Trinajstić information content (AvgIpc) is 3.16. The molecule has 3 rings (SSSR count). The molecule has 0 amide bonds. The fourth-order valence-corrected chi connectivity index (χ4v) is 3.26. The Hall–Kier alpha value is -2.98. The summed E-state index contributed by atoms with van der Waals surface area (Å²) in [6.07, 6.45) is 2.57. The Morgan fingerprint density at radius 3 is 2.56 bits per heavy atom. The van der Waals surface area contributed by atoms with Gasteiger partial charge in [-0.2, -0.15) is 4.98 Å². The Bertz CT molecular complexity index is 987. The van der Waals surface area contributed by atoms with E-state index in [4.69, 9.17) is 0 Å². The second-order valence-electron chi connectivity index (χ2n) is 5.95. The minimum absolute atomic E-state index is 0.0267. The lowest BCUT2D eigenvalue weighted by Gasteiger charge is -2.10. The molecule has 0 fully saturated rings. The monoisotopic (exact) mass is 387 g/mol. The predicted molar refractivity (Wildman–Crippen MR) is 103 cm³/mol. The predicted octanol–water partition coefficient (Wildman–Crippen LogP) is 1.95. The fraction of sp³-hybridized carbons (Fsp3) is 0.235. The van der Waals surface area contributed by atoms with E-state index in [9.17, 15) is 8.42 Å². The summed E-state index contributed by atoms with van der Waals surface area (Å²) in [5.74, 6) is 1.08. The van der Waals surface area contributed by atoms with Gasteiger partial charge in [0.25, 0.3) is 10.0 Å². The van der Waals surface area contributed by atoms with Crippen molar-refractivity contribution < 1.29 is 8.42 Å². The number of benzene rings is 1. The van der Waals surface area contributed by atoms with E-state index in [1.54, 1.807) is 0 Å². The fourth-order valence-electron chi connectivity index (χ4n) is 2.32. The Balaban J connectivity index is 1.57. The van der Waals surface area contributed by atoms with Crippen molar-refractivity contribution in [2.24, 2.45) is 0 Å². The third-order valence-electron chi connectivity index (χ3n) is 3.64. The van der Waals surface area contributed by atoms with Gasteiger partial charge < -0.3 is 15.6 Å². The van der Waals surface area contributed by atoms with E-state index >= 15 is 0 Å². The molecular formula is C17H21N7O2S. The summed E-state index contributed by atoms with van der Waals surface area (Å²) < 4.78 is 26.5. The van der Waals surface area contributed by atoms with Crippen LogP contribution < -0.4 is 15.4 Å². The van der Waals surface area contributed by atoms with Crippen LogP contribution >= 0.6 is 0 Å². The van der Waals surface area contributed by atoms with Gasteiger partial charge in [0.05, 0.1) is 12.5 Å². The van der Waals surface area contributed by atoms with Crippen LogP contribution in [0.2, 0.25) is 0 Å². The van der Waals surface area contributed by atoms with Crippen molar-refractivity contribution in [3.8, 4) is 0 Å². The lowest BCUT2D eigenvalue weighted by molar-refractivity contribution is 0.579. The average molecular weight is 387 g/mol. The number of H-pyrrole nitrogens is 1. The smallest absolute Gasteiger partial charge is 0.257 e. The number of aryl methyl sites for hydroxylation is 2. The summed E-state index contributed by atoms with van der Waals surface area (Å²) in [5, 5.41) is 6.28. The maximum absolute atomic E-state index is 12.0. The van der Waals surface area contributed by atoms with E-state index in [0.717, 1.165) is 11.4 Å². The number of sulfonamides is 1. The van der Waals surface area contributed by atoms with Crippen LogP contribution in [0.15, 0.2) is 47.9 Å². The summed E-state index contributed by atoms with van der Waals surface area (Å²) >= 11 is 0. The van der Waals surface area contributed by atoms with Crippen LogP contribution in [0.5, 0.6) is 0 Å². The highest BCUT2D eigenvalue weighted by molar-refractivity contribution is 7.89. The van der Waals surface area contributed by atoms with Gasteiger partial charge in [0.15, 0.2) is 5.03 Å². The minimum Gasteiger partial charge on any atom is -0.353 e. The first kappa shape index (κ1) is 18.8. The normalized spacial score (nSPS) is 11.3. The standard InChI is InChI=1S/C17H21N7O2S/c1-12-3-5-14(6-4-12)23-15-9-13(2)22-17(24-15)19-7-8-21-27(25,26)16-10-18-11-20-16/h3-6,9-11,21H,7-8H2,1-2H3,(H,18,20)(H2,19,22,23,24). The topological polar surface area (TPSA) is 125 Å². The van der Waals surface area contributed by atoms with Gasteiger partial charge in [-0.05, 0) is 26.0 Å². The number of aromatic amines is 1. The molecule has 3 aromatic rings. The molecule has 0 aliphatic carbocycles. The number of imidazole rings is 1. The molecule has 0 unspecified atom stereocenters. The molecule has 10 heteroatoms. The van der Waals surface area contributed by atoms with Gasteiger partial charge >= 0.3 is 0 Å². The van der Waals surface area contributed by atoms with Gasteiger partial charge in [-0.3, -0.25) is 0 Å². The summed E-state index contributed by atoms with van der Waals surface area (Å²) in [4.78, 5) is 15.0. The van der Waals surface area contributed by atoms with Crippen molar-refractivity contribution in [3.63, 3.8) is 0 Å². The second kappa shape index (κ2) is 8.14. The second-order valence-corrected chi connectivity index (χ2v) is 7.68. The molecule has 0 bridgehead atoms. The highest BCUT2D eigenvalue weighted by Gasteiger charge is 2.14. The molecule has 0 atom stereocenters. The van der Waals surface area contributed by atoms with Gasteiger partial charge in [-0.1, -0.05) is 17.7 Å². The van der Waals surface area contributed by atoms with Crippen molar-refractivity contribution in [1.29, 1.82) is 0 Å². The first-order valence-corrected chi connectivity index (χ1v) is 9.82. The van der Waals surface area contributed by atoms with Crippen molar-refractivity contribution >= 4 is 27.5 Å². The van der Waals surface area contributed by atoms with Gasteiger partial charge in [0, 0.05) is 30.5 Å². The zero-order valence-corrected chi connectivity index (χ0v) is 15.8. The molecule has 1 aromatic carbocycles. The number of anilines is 3.